The van der Waals surface area contributed by atoms with Gasteiger partial charge in [0.2, 0.25) is 0 Å². The van der Waals surface area contributed by atoms with Gasteiger partial charge in [0.15, 0.2) is 5.16 Å². The summed E-state index contributed by atoms with van der Waals surface area (Å²) in [6.45, 7) is 2.25. The minimum atomic E-state index is -0.293. The Morgan fingerprint density at radius 3 is 2.50 bits per heavy atom. The van der Waals surface area contributed by atoms with E-state index in [0.717, 1.165) is 16.0 Å². The van der Waals surface area contributed by atoms with E-state index < -0.39 is 0 Å². The zero-order valence-corrected chi connectivity index (χ0v) is 16.8. The lowest BCUT2D eigenvalue weighted by molar-refractivity contribution is 0.659. The summed E-state index contributed by atoms with van der Waals surface area (Å²) < 4.78 is 2.32. The number of fused-ring (bicyclic) bond motifs is 1. The summed E-state index contributed by atoms with van der Waals surface area (Å²) in [5.41, 5.74) is 2.72. The molecule has 2 aromatic heterocycles. The Morgan fingerprint density at radius 1 is 1.14 bits per heavy atom. The van der Waals surface area contributed by atoms with Crippen molar-refractivity contribution in [1.29, 1.82) is 5.26 Å². The molecule has 0 radical (unpaired) electrons. The Morgan fingerprint density at radius 2 is 1.82 bits per heavy atom. The van der Waals surface area contributed by atoms with Gasteiger partial charge in [0.1, 0.15) is 4.70 Å². The maximum Gasteiger partial charge on any atom is 0.272 e. The fraction of sp³-hybridized carbons (Fsp3) is 0.136. The smallest absolute Gasteiger partial charge is 0.272 e. The highest BCUT2D eigenvalue weighted by Crippen LogP contribution is 2.32. The monoisotopic (exact) mass is 403 g/mol. The van der Waals surface area contributed by atoms with Gasteiger partial charge in [-0.1, -0.05) is 72.4 Å². The first kappa shape index (κ1) is 18.5. The van der Waals surface area contributed by atoms with Gasteiger partial charge in [0.25, 0.3) is 5.56 Å². The number of thiophene rings is 1. The lowest BCUT2D eigenvalue weighted by Crippen LogP contribution is -2.23. The van der Waals surface area contributed by atoms with Gasteiger partial charge in [-0.25, -0.2) is 4.98 Å². The van der Waals surface area contributed by atoms with Crippen molar-refractivity contribution in [3.63, 3.8) is 0 Å². The number of hydrogen-bond donors (Lipinski definition) is 0. The van der Waals surface area contributed by atoms with Crippen molar-refractivity contribution in [2.24, 2.45) is 0 Å². The molecule has 0 unspecified atom stereocenters. The topological polar surface area (TPSA) is 58.7 Å². The number of benzene rings is 2. The summed E-state index contributed by atoms with van der Waals surface area (Å²) in [6, 6.07) is 24.0. The van der Waals surface area contributed by atoms with Crippen molar-refractivity contribution in [2.45, 2.75) is 23.9 Å². The predicted octanol–water partition coefficient (Wildman–Crippen LogP) is 5.18. The second kappa shape index (κ2) is 8.01. The highest BCUT2D eigenvalue weighted by Gasteiger charge is 2.17. The van der Waals surface area contributed by atoms with Crippen LogP contribution in [0.2, 0.25) is 0 Å². The van der Waals surface area contributed by atoms with E-state index in [2.05, 4.69) is 6.07 Å². The molecular formula is C22H17N3OS2. The molecule has 0 saturated heterocycles. The average molecular weight is 404 g/mol. The van der Waals surface area contributed by atoms with E-state index in [1.54, 1.807) is 4.57 Å². The van der Waals surface area contributed by atoms with Crippen molar-refractivity contribution < 1.29 is 0 Å². The van der Waals surface area contributed by atoms with Crippen molar-refractivity contribution in [1.82, 2.24) is 9.55 Å². The number of thioether (sulfide) groups is 1. The number of nitriles is 1. The highest BCUT2D eigenvalue weighted by molar-refractivity contribution is 8.00. The largest absolute Gasteiger partial charge is 0.282 e. The molecule has 138 valence electrons. The molecule has 1 atom stereocenters. The van der Waals surface area contributed by atoms with E-state index in [1.165, 1.54) is 23.1 Å². The highest BCUT2D eigenvalue weighted by atomic mass is 32.2. The third kappa shape index (κ3) is 3.72. The van der Waals surface area contributed by atoms with Gasteiger partial charge in [-0.3, -0.25) is 9.36 Å². The maximum absolute atomic E-state index is 13.3. The number of aromatic nitrogens is 2. The number of hydrogen-bond acceptors (Lipinski definition) is 5. The maximum atomic E-state index is 13.3. The molecule has 0 bridgehead atoms. The second-order valence-electron chi connectivity index (χ2n) is 6.35. The van der Waals surface area contributed by atoms with Gasteiger partial charge >= 0.3 is 0 Å². The van der Waals surface area contributed by atoms with E-state index in [0.29, 0.717) is 21.9 Å². The zero-order valence-electron chi connectivity index (χ0n) is 15.2. The summed E-state index contributed by atoms with van der Waals surface area (Å²) >= 11 is 2.78. The minimum Gasteiger partial charge on any atom is -0.282 e. The Balaban J connectivity index is 1.87. The fourth-order valence-corrected chi connectivity index (χ4v) is 4.76. The molecule has 4 rings (SSSR count). The van der Waals surface area contributed by atoms with Crippen LogP contribution in [-0.2, 0) is 6.54 Å². The van der Waals surface area contributed by atoms with Crippen LogP contribution in [0.3, 0.4) is 0 Å². The molecule has 2 heterocycles. The molecule has 6 heteroatoms. The molecule has 0 aliphatic rings. The molecule has 4 nitrogen and oxygen atoms in total. The first-order valence-corrected chi connectivity index (χ1v) is 10.6. The zero-order chi connectivity index (χ0) is 19.5. The quantitative estimate of drug-likeness (QED) is 0.340. The molecule has 0 saturated carbocycles. The molecule has 2 aromatic carbocycles. The van der Waals surface area contributed by atoms with Crippen molar-refractivity contribution >= 4 is 33.3 Å². The van der Waals surface area contributed by atoms with Crippen LogP contribution in [0.15, 0.2) is 76.7 Å². The molecule has 0 amide bonds. The van der Waals surface area contributed by atoms with Crippen LogP contribution in [0.5, 0.6) is 0 Å². The van der Waals surface area contributed by atoms with Crippen LogP contribution in [-0.4, -0.2) is 14.8 Å². The van der Waals surface area contributed by atoms with Crippen LogP contribution in [0.1, 0.15) is 12.5 Å². The van der Waals surface area contributed by atoms with E-state index in [9.17, 15) is 10.1 Å². The van der Waals surface area contributed by atoms with Gasteiger partial charge in [-0.05, 0) is 24.1 Å². The lowest BCUT2D eigenvalue weighted by Gasteiger charge is -2.12. The molecule has 0 N–H and O–H groups in total. The van der Waals surface area contributed by atoms with Crippen molar-refractivity contribution in [3.8, 4) is 16.5 Å². The third-order valence-electron chi connectivity index (χ3n) is 4.30. The Bertz CT molecular complexity index is 1210. The predicted molar refractivity (Wildman–Crippen MR) is 116 cm³/mol. The van der Waals surface area contributed by atoms with Gasteiger partial charge in [-0.15, -0.1) is 11.3 Å². The first-order valence-electron chi connectivity index (χ1n) is 8.85. The van der Waals surface area contributed by atoms with Gasteiger partial charge in [-0.2, -0.15) is 5.26 Å². The molecule has 0 aliphatic heterocycles. The molecule has 28 heavy (non-hydrogen) atoms. The molecule has 0 spiro atoms. The number of rotatable bonds is 5. The molecule has 0 fully saturated rings. The SMILES string of the molecule is C[C@H](C#N)Sc1nc2cc(-c3ccccc3)sc2c(=O)n1Cc1ccccc1. The summed E-state index contributed by atoms with van der Waals surface area (Å²) in [5.74, 6) is 0. The van der Waals surface area contributed by atoms with E-state index in [-0.39, 0.29) is 10.8 Å². The van der Waals surface area contributed by atoms with Crippen LogP contribution < -0.4 is 5.56 Å². The summed E-state index contributed by atoms with van der Waals surface area (Å²) in [6.07, 6.45) is 0. The second-order valence-corrected chi connectivity index (χ2v) is 8.71. The summed E-state index contributed by atoms with van der Waals surface area (Å²) in [5, 5.41) is 9.51. The Kier molecular flexibility index (Phi) is 5.29. The van der Waals surface area contributed by atoms with Crippen LogP contribution in [0, 0.1) is 11.3 Å². The van der Waals surface area contributed by atoms with Crippen LogP contribution in [0.4, 0.5) is 0 Å². The van der Waals surface area contributed by atoms with Crippen molar-refractivity contribution in [3.05, 3.63) is 82.6 Å². The normalized spacial score (nSPS) is 12.0. The summed E-state index contributed by atoms with van der Waals surface area (Å²) in [7, 11) is 0. The van der Waals surface area contributed by atoms with Crippen molar-refractivity contribution in [2.75, 3.05) is 0 Å². The molecule has 4 aromatic rings. The van der Waals surface area contributed by atoms with Gasteiger partial charge in [0, 0.05) is 4.88 Å². The standard InChI is InChI=1S/C22H17N3OS2/c1-15(13-23)27-22-24-18-12-19(17-10-6-3-7-11-17)28-20(18)21(26)25(22)14-16-8-4-2-5-9-16/h2-12,15H,14H2,1H3/t15-/m1/s1. The molecule has 0 aliphatic carbocycles. The third-order valence-corrected chi connectivity index (χ3v) is 6.45. The summed E-state index contributed by atoms with van der Waals surface area (Å²) in [4.78, 5) is 19.1. The minimum absolute atomic E-state index is 0.0614. The van der Waals surface area contributed by atoms with E-state index >= 15 is 0 Å². The Labute approximate surface area is 171 Å². The Hall–Kier alpha value is -2.88. The van der Waals surface area contributed by atoms with Gasteiger partial charge in [0.05, 0.1) is 23.4 Å². The van der Waals surface area contributed by atoms with E-state index in [4.69, 9.17) is 4.98 Å². The number of nitrogens with zero attached hydrogens (tertiary/aromatic N) is 3. The van der Waals surface area contributed by atoms with Crippen LogP contribution >= 0.6 is 23.1 Å². The first-order chi connectivity index (χ1) is 13.7. The van der Waals surface area contributed by atoms with Gasteiger partial charge < -0.3 is 0 Å². The lowest BCUT2D eigenvalue weighted by atomic mass is 10.2. The fourth-order valence-electron chi connectivity index (χ4n) is 2.92. The van der Waals surface area contributed by atoms with Crippen LogP contribution in [0.25, 0.3) is 20.7 Å². The van der Waals surface area contributed by atoms with E-state index in [1.807, 2.05) is 73.7 Å². The average Bonchev–Trinajstić information content (AvgIpc) is 3.16. The molecular weight excluding hydrogens is 386 g/mol.